The second-order valence-corrected chi connectivity index (χ2v) is 6.38. The van der Waals surface area contributed by atoms with Crippen LogP contribution in [-0.4, -0.2) is 14.5 Å². The van der Waals surface area contributed by atoms with Crippen molar-refractivity contribution in [2.45, 2.75) is 37.1 Å². The van der Waals surface area contributed by atoms with E-state index in [0.717, 1.165) is 31.4 Å². The molecule has 1 aromatic rings. The quantitative estimate of drug-likeness (QED) is 0.804. The summed E-state index contributed by atoms with van der Waals surface area (Å²) in [4.78, 5) is -0.371. The van der Waals surface area contributed by atoms with Crippen LogP contribution >= 0.6 is 0 Å². The van der Waals surface area contributed by atoms with Crippen molar-refractivity contribution in [1.29, 1.82) is 0 Å². The van der Waals surface area contributed by atoms with Gasteiger partial charge in [0.15, 0.2) is 0 Å². The molecule has 6 heteroatoms. The van der Waals surface area contributed by atoms with Crippen LogP contribution in [0.4, 0.5) is 10.1 Å². The molecule has 18 heavy (non-hydrogen) atoms. The molecule has 100 valence electrons. The summed E-state index contributed by atoms with van der Waals surface area (Å²) < 4.78 is 40.0. The van der Waals surface area contributed by atoms with Crippen molar-refractivity contribution in [2.75, 3.05) is 5.73 Å². The van der Waals surface area contributed by atoms with Gasteiger partial charge in [0.1, 0.15) is 10.7 Å². The Bertz CT molecular complexity index is 545. The summed E-state index contributed by atoms with van der Waals surface area (Å²) in [6.45, 7) is 2.06. The number of sulfonamides is 1. The average Bonchev–Trinajstić information content (AvgIpc) is 2.99. The minimum atomic E-state index is -3.81. The molecule has 0 heterocycles. The topological polar surface area (TPSA) is 72.2 Å². The van der Waals surface area contributed by atoms with Gasteiger partial charge in [-0.3, -0.25) is 0 Å². The standard InChI is InChI=1S/C12H17FN2O2S/c1-2-3-8-6-11(8)15-18(16,17)12-7-9(14)4-5-10(12)13/h4-5,7-8,11,15H,2-3,6,14H2,1H3. The molecule has 2 unspecified atom stereocenters. The molecule has 0 amide bonds. The van der Waals surface area contributed by atoms with Crippen LogP contribution in [0.3, 0.4) is 0 Å². The Kier molecular flexibility index (Phi) is 3.59. The number of anilines is 1. The van der Waals surface area contributed by atoms with E-state index in [1.165, 1.54) is 6.07 Å². The highest BCUT2D eigenvalue weighted by molar-refractivity contribution is 7.89. The number of nitrogens with one attached hydrogen (secondary N) is 1. The first-order valence-electron chi connectivity index (χ1n) is 6.01. The molecule has 3 N–H and O–H groups in total. The Labute approximate surface area is 106 Å². The van der Waals surface area contributed by atoms with Crippen molar-refractivity contribution in [2.24, 2.45) is 5.92 Å². The van der Waals surface area contributed by atoms with Gasteiger partial charge in [0.05, 0.1) is 0 Å². The second kappa shape index (κ2) is 4.85. The smallest absolute Gasteiger partial charge is 0.243 e. The van der Waals surface area contributed by atoms with Gasteiger partial charge in [-0.25, -0.2) is 17.5 Å². The van der Waals surface area contributed by atoms with Gasteiger partial charge in [0, 0.05) is 11.7 Å². The van der Waals surface area contributed by atoms with Crippen LogP contribution in [0, 0.1) is 11.7 Å². The fourth-order valence-corrected chi connectivity index (χ4v) is 3.50. The van der Waals surface area contributed by atoms with E-state index < -0.39 is 15.8 Å². The Morgan fingerprint density at radius 2 is 2.22 bits per heavy atom. The van der Waals surface area contributed by atoms with E-state index in [9.17, 15) is 12.8 Å². The molecule has 2 rings (SSSR count). The lowest BCUT2D eigenvalue weighted by Gasteiger charge is -2.08. The summed E-state index contributed by atoms with van der Waals surface area (Å²) >= 11 is 0. The third-order valence-electron chi connectivity index (χ3n) is 3.13. The number of nitrogens with two attached hydrogens (primary N) is 1. The van der Waals surface area contributed by atoms with Crippen LogP contribution in [-0.2, 0) is 10.0 Å². The Morgan fingerprint density at radius 1 is 1.50 bits per heavy atom. The molecule has 1 saturated carbocycles. The normalized spacial score (nSPS) is 23.0. The molecule has 1 aliphatic rings. The average molecular weight is 272 g/mol. The van der Waals surface area contributed by atoms with E-state index in [0.29, 0.717) is 5.92 Å². The van der Waals surface area contributed by atoms with Crippen LogP contribution in [0.1, 0.15) is 26.2 Å². The molecule has 1 aliphatic carbocycles. The zero-order valence-corrected chi connectivity index (χ0v) is 11.0. The zero-order chi connectivity index (χ0) is 13.3. The third kappa shape index (κ3) is 2.81. The van der Waals surface area contributed by atoms with E-state index in [2.05, 4.69) is 11.6 Å². The number of nitrogen functional groups attached to an aromatic ring is 1. The Balaban J connectivity index is 2.14. The SMILES string of the molecule is CCCC1CC1NS(=O)(=O)c1cc(N)ccc1F. The molecule has 0 aliphatic heterocycles. The van der Waals surface area contributed by atoms with Crippen molar-refractivity contribution >= 4 is 15.7 Å². The largest absolute Gasteiger partial charge is 0.399 e. The number of hydrogen-bond donors (Lipinski definition) is 2. The summed E-state index contributed by atoms with van der Waals surface area (Å²) in [5, 5.41) is 0. The highest BCUT2D eigenvalue weighted by Crippen LogP contribution is 2.35. The van der Waals surface area contributed by atoms with Crippen molar-refractivity contribution < 1.29 is 12.8 Å². The second-order valence-electron chi connectivity index (χ2n) is 4.70. The van der Waals surface area contributed by atoms with Gasteiger partial charge in [0.25, 0.3) is 0 Å². The molecule has 2 atom stereocenters. The van der Waals surface area contributed by atoms with Crippen molar-refractivity contribution in [3.05, 3.63) is 24.0 Å². The van der Waals surface area contributed by atoms with Crippen LogP contribution in [0.5, 0.6) is 0 Å². The van der Waals surface area contributed by atoms with Gasteiger partial charge in [-0.15, -0.1) is 0 Å². The monoisotopic (exact) mass is 272 g/mol. The first-order valence-corrected chi connectivity index (χ1v) is 7.49. The highest BCUT2D eigenvalue weighted by Gasteiger charge is 2.39. The predicted molar refractivity (Wildman–Crippen MR) is 67.9 cm³/mol. The molecule has 4 nitrogen and oxygen atoms in total. The summed E-state index contributed by atoms with van der Waals surface area (Å²) in [5.41, 5.74) is 5.72. The van der Waals surface area contributed by atoms with E-state index in [4.69, 9.17) is 5.73 Å². The van der Waals surface area contributed by atoms with Crippen molar-refractivity contribution in [3.63, 3.8) is 0 Å². The minimum Gasteiger partial charge on any atom is -0.399 e. The van der Waals surface area contributed by atoms with Crippen LogP contribution in [0.25, 0.3) is 0 Å². The Morgan fingerprint density at radius 3 is 2.89 bits per heavy atom. The summed E-state index contributed by atoms with van der Waals surface area (Å²) in [6, 6.07) is 3.50. The fraction of sp³-hybridized carbons (Fsp3) is 0.500. The number of benzene rings is 1. The number of rotatable bonds is 5. The minimum absolute atomic E-state index is 0.0595. The van der Waals surface area contributed by atoms with Crippen LogP contribution < -0.4 is 10.5 Å². The molecular weight excluding hydrogens is 255 g/mol. The zero-order valence-electron chi connectivity index (χ0n) is 10.2. The van der Waals surface area contributed by atoms with Gasteiger partial charge in [0.2, 0.25) is 10.0 Å². The maximum absolute atomic E-state index is 13.5. The van der Waals surface area contributed by atoms with Gasteiger partial charge in [-0.1, -0.05) is 13.3 Å². The van der Waals surface area contributed by atoms with Gasteiger partial charge in [-0.05, 0) is 37.0 Å². The molecule has 0 bridgehead atoms. The maximum atomic E-state index is 13.5. The third-order valence-corrected chi connectivity index (χ3v) is 4.64. The lowest BCUT2D eigenvalue weighted by molar-refractivity contribution is 0.552. The van der Waals surface area contributed by atoms with E-state index in [1.54, 1.807) is 0 Å². The first-order chi connectivity index (χ1) is 8.44. The number of halogens is 1. The molecular formula is C12H17FN2O2S. The van der Waals surface area contributed by atoms with Crippen molar-refractivity contribution in [1.82, 2.24) is 4.72 Å². The molecule has 0 radical (unpaired) electrons. The van der Waals surface area contributed by atoms with Gasteiger partial charge < -0.3 is 5.73 Å². The van der Waals surface area contributed by atoms with Crippen LogP contribution in [0.2, 0.25) is 0 Å². The van der Waals surface area contributed by atoms with Crippen molar-refractivity contribution in [3.8, 4) is 0 Å². The van der Waals surface area contributed by atoms with Gasteiger partial charge >= 0.3 is 0 Å². The summed E-state index contributed by atoms with van der Waals surface area (Å²) in [5.74, 6) is -0.390. The lowest BCUT2D eigenvalue weighted by Crippen LogP contribution is -2.28. The highest BCUT2D eigenvalue weighted by atomic mass is 32.2. The van der Waals surface area contributed by atoms with E-state index >= 15 is 0 Å². The molecule has 1 fully saturated rings. The van der Waals surface area contributed by atoms with E-state index in [1.807, 2.05) is 0 Å². The summed E-state index contributed by atoms with van der Waals surface area (Å²) in [7, 11) is -3.81. The molecule has 1 aromatic carbocycles. The van der Waals surface area contributed by atoms with Crippen LogP contribution in [0.15, 0.2) is 23.1 Å². The maximum Gasteiger partial charge on any atom is 0.243 e. The van der Waals surface area contributed by atoms with Gasteiger partial charge in [-0.2, -0.15) is 0 Å². The molecule has 0 aromatic heterocycles. The Hall–Kier alpha value is -1.14. The molecule has 0 saturated heterocycles. The molecule has 0 spiro atoms. The fourth-order valence-electron chi connectivity index (χ4n) is 2.07. The van der Waals surface area contributed by atoms with E-state index in [-0.39, 0.29) is 16.6 Å². The lowest BCUT2D eigenvalue weighted by atomic mass is 10.2. The summed E-state index contributed by atoms with van der Waals surface area (Å²) in [6.07, 6.45) is 2.85. The number of hydrogen-bond acceptors (Lipinski definition) is 3. The predicted octanol–water partition coefficient (Wildman–Crippen LogP) is 1.87. The first kappa shape index (κ1) is 13.3.